The van der Waals surface area contributed by atoms with Crippen LogP contribution in [-0.2, 0) is 6.61 Å². The van der Waals surface area contributed by atoms with E-state index in [4.69, 9.17) is 33.2 Å². The Balaban J connectivity index is 1.64. The third kappa shape index (κ3) is 3.38. The van der Waals surface area contributed by atoms with Crippen molar-refractivity contribution in [2.45, 2.75) is 52.6 Å². The van der Waals surface area contributed by atoms with Gasteiger partial charge in [-0.25, -0.2) is 15.0 Å². The Morgan fingerprint density at radius 2 is 1.96 bits per heavy atom. The third-order valence-corrected chi connectivity index (χ3v) is 7.55. The summed E-state index contributed by atoms with van der Waals surface area (Å²) in [6.07, 6.45) is 8.03. The minimum atomic E-state index is -0.163. The fraction of sp³-hybridized carbons (Fsp3) is 0.571. The first-order valence-corrected chi connectivity index (χ1v) is 10.7. The predicted molar refractivity (Wildman–Crippen MR) is 113 cm³/mol. The van der Waals surface area contributed by atoms with E-state index in [0.717, 1.165) is 30.5 Å². The number of hydrogen-bond donors (Lipinski definition) is 1. The van der Waals surface area contributed by atoms with Gasteiger partial charge in [-0.05, 0) is 43.6 Å². The molecule has 2 fully saturated rings. The van der Waals surface area contributed by atoms with Gasteiger partial charge in [0, 0.05) is 24.8 Å². The molecule has 1 aliphatic carbocycles. The zero-order valence-electron chi connectivity index (χ0n) is 16.4. The zero-order chi connectivity index (χ0) is 19.9. The van der Waals surface area contributed by atoms with Crippen LogP contribution in [0.15, 0.2) is 12.3 Å². The summed E-state index contributed by atoms with van der Waals surface area (Å²) in [4.78, 5) is 15.8. The van der Waals surface area contributed by atoms with Gasteiger partial charge < -0.3 is 10.0 Å². The molecule has 4 rings (SSSR count). The standard InChI is InChI=1S/C21H26Cl2N4O/c1-13-4-3-6-21(13)7-10-27(11-8-21)20-16(12-28)26-18(14(2)25-20)15-5-9-24-19(23)17(15)22/h5,9,13,28H,3-4,6-8,10-12H2,1-2H3/t13-/m1/s1. The van der Waals surface area contributed by atoms with Crippen LogP contribution >= 0.6 is 23.2 Å². The van der Waals surface area contributed by atoms with E-state index < -0.39 is 0 Å². The van der Waals surface area contributed by atoms with E-state index in [2.05, 4.69) is 16.8 Å². The van der Waals surface area contributed by atoms with Gasteiger partial charge in [0.2, 0.25) is 0 Å². The number of aliphatic hydroxyl groups excluding tert-OH is 1. The van der Waals surface area contributed by atoms with Crippen molar-refractivity contribution < 1.29 is 5.11 Å². The highest BCUT2D eigenvalue weighted by molar-refractivity contribution is 6.42. The van der Waals surface area contributed by atoms with Crippen molar-refractivity contribution in [3.63, 3.8) is 0 Å². The van der Waals surface area contributed by atoms with Crippen LogP contribution in [0.3, 0.4) is 0 Å². The maximum Gasteiger partial charge on any atom is 0.153 e. The molecule has 0 bridgehead atoms. The maximum absolute atomic E-state index is 9.98. The summed E-state index contributed by atoms with van der Waals surface area (Å²) >= 11 is 12.4. The molecule has 2 aliphatic rings. The Kier molecular flexibility index (Phi) is 5.51. The van der Waals surface area contributed by atoms with Crippen LogP contribution in [0.5, 0.6) is 0 Å². The normalized spacial score (nSPS) is 21.5. The number of aliphatic hydroxyl groups is 1. The van der Waals surface area contributed by atoms with Crippen LogP contribution in [-0.4, -0.2) is 33.1 Å². The third-order valence-electron chi connectivity index (χ3n) is 6.79. The molecule has 5 nitrogen and oxygen atoms in total. The molecule has 0 amide bonds. The molecule has 3 heterocycles. The SMILES string of the molecule is Cc1nc(N2CCC3(CCC[C@H]3C)CC2)c(CO)nc1-c1ccnc(Cl)c1Cl. The largest absolute Gasteiger partial charge is 0.390 e. The van der Waals surface area contributed by atoms with Gasteiger partial charge in [-0.15, -0.1) is 0 Å². The maximum atomic E-state index is 9.98. The molecule has 1 saturated heterocycles. The van der Waals surface area contributed by atoms with Crippen molar-refractivity contribution >= 4 is 29.0 Å². The van der Waals surface area contributed by atoms with Gasteiger partial charge in [0.15, 0.2) is 5.82 Å². The van der Waals surface area contributed by atoms with E-state index in [-0.39, 0.29) is 11.8 Å². The summed E-state index contributed by atoms with van der Waals surface area (Å²) in [5, 5.41) is 10.6. The van der Waals surface area contributed by atoms with Crippen LogP contribution in [0.4, 0.5) is 5.82 Å². The number of anilines is 1. The van der Waals surface area contributed by atoms with Crippen LogP contribution in [0.25, 0.3) is 11.3 Å². The summed E-state index contributed by atoms with van der Waals surface area (Å²) in [6, 6.07) is 1.78. The van der Waals surface area contributed by atoms with Crippen LogP contribution in [0.1, 0.15) is 50.4 Å². The summed E-state index contributed by atoms with van der Waals surface area (Å²) in [5.41, 5.74) is 3.18. The molecule has 0 radical (unpaired) electrons. The molecule has 150 valence electrons. The van der Waals surface area contributed by atoms with E-state index in [0.29, 0.717) is 27.4 Å². The van der Waals surface area contributed by atoms with Crippen LogP contribution in [0.2, 0.25) is 10.2 Å². The Morgan fingerprint density at radius 3 is 2.61 bits per heavy atom. The van der Waals surface area contributed by atoms with Gasteiger partial charge in [0.05, 0.1) is 23.0 Å². The lowest BCUT2D eigenvalue weighted by Crippen LogP contribution is -2.42. The molecule has 0 unspecified atom stereocenters. The monoisotopic (exact) mass is 420 g/mol. The number of aromatic nitrogens is 3. The number of hydrogen-bond acceptors (Lipinski definition) is 5. The number of nitrogens with zero attached hydrogens (tertiary/aromatic N) is 4. The van der Waals surface area contributed by atoms with Gasteiger partial charge in [0.1, 0.15) is 10.8 Å². The average Bonchev–Trinajstić information content (AvgIpc) is 3.04. The lowest BCUT2D eigenvalue weighted by molar-refractivity contribution is 0.161. The van der Waals surface area contributed by atoms with E-state index in [1.807, 2.05) is 6.92 Å². The molecular weight excluding hydrogens is 395 g/mol. The van der Waals surface area contributed by atoms with Gasteiger partial charge in [-0.2, -0.15) is 0 Å². The first-order chi connectivity index (χ1) is 13.4. The predicted octanol–water partition coefficient (Wildman–Crippen LogP) is 5.05. The quantitative estimate of drug-likeness (QED) is 0.703. The van der Waals surface area contributed by atoms with Crippen molar-refractivity contribution in [2.75, 3.05) is 18.0 Å². The van der Waals surface area contributed by atoms with E-state index >= 15 is 0 Å². The number of aryl methyl sites for hydroxylation is 1. The van der Waals surface area contributed by atoms with Crippen molar-refractivity contribution in [1.29, 1.82) is 0 Å². The van der Waals surface area contributed by atoms with Crippen molar-refractivity contribution in [1.82, 2.24) is 15.0 Å². The highest BCUT2D eigenvalue weighted by Crippen LogP contribution is 2.50. The number of rotatable bonds is 3. The summed E-state index contributed by atoms with van der Waals surface area (Å²) < 4.78 is 0. The molecule has 0 aromatic carbocycles. The second kappa shape index (κ2) is 7.77. The number of halogens is 2. The number of piperidine rings is 1. The lowest BCUT2D eigenvalue weighted by Gasteiger charge is -2.43. The van der Waals surface area contributed by atoms with E-state index in [9.17, 15) is 5.11 Å². The Hall–Kier alpha value is -1.43. The smallest absolute Gasteiger partial charge is 0.153 e. The van der Waals surface area contributed by atoms with Gasteiger partial charge in [-0.3, -0.25) is 0 Å². The van der Waals surface area contributed by atoms with Crippen molar-refractivity contribution in [3.05, 3.63) is 33.8 Å². The summed E-state index contributed by atoms with van der Waals surface area (Å²) in [5.74, 6) is 1.60. The molecule has 28 heavy (non-hydrogen) atoms. The molecule has 1 atom stereocenters. The first kappa shape index (κ1) is 19.9. The minimum absolute atomic E-state index is 0.163. The van der Waals surface area contributed by atoms with Gasteiger partial charge >= 0.3 is 0 Å². The zero-order valence-corrected chi connectivity index (χ0v) is 17.9. The van der Waals surface area contributed by atoms with Crippen LogP contribution in [0, 0.1) is 18.3 Å². The highest BCUT2D eigenvalue weighted by atomic mass is 35.5. The highest BCUT2D eigenvalue weighted by Gasteiger charge is 2.42. The molecule has 1 N–H and O–H groups in total. The fourth-order valence-electron chi connectivity index (χ4n) is 4.98. The molecule has 1 saturated carbocycles. The van der Waals surface area contributed by atoms with E-state index in [1.54, 1.807) is 12.3 Å². The Labute approximate surface area is 176 Å². The second-order valence-corrected chi connectivity index (χ2v) is 8.93. The molecular formula is C21H26Cl2N4O. The first-order valence-electron chi connectivity index (χ1n) is 9.99. The summed E-state index contributed by atoms with van der Waals surface area (Å²) in [6.45, 7) is 6.09. The topological polar surface area (TPSA) is 62.1 Å². The molecule has 7 heteroatoms. The molecule has 1 aliphatic heterocycles. The van der Waals surface area contributed by atoms with Crippen LogP contribution < -0.4 is 4.90 Å². The average molecular weight is 421 g/mol. The summed E-state index contributed by atoms with van der Waals surface area (Å²) in [7, 11) is 0. The lowest BCUT2D eigenvalue weighted by atomic mass is 9.71. The molecule has 1 spiro atoms. The molecule has 2 aromatic rings. The van der Waals surface area contributed by atoms with Gasteiger partial charge in [-0.1, -0.05) is 43.0 Å². The van der Waals surface area contributed by atoms with E-state index in [1.165, 1.54) is 32.1 Å². The van der Waals surface area contributed by atoms with Crippen molar-refractivity contribution in [2.24, 2.45) is 11.3 Å². The second-order valence-electron chi connectivity index (χ2n) is 8.19. The number of pyridine rings is 1. The van der Waals surface area contributed by atoms with Crippen molar-refractivity contribution in [3.8, 4) is 11.3 Å². The Morgan fingerprint density at radius 1 is 1.21 bits per heavy atom. The molecule has 2 aromatic heterocycles. The van der Waals surface area contributed by atoms with Gasteiger partial charge in [0.25, 0.3) is 0 Å². The minimum Gasteiger partial charge on any atom is -0.390 e. The fourth-order valence-corrected chi connectivity index (χ4v) is 5.34. The Bertz CT molecular complexity index is 881.